The molecule has 2 rings (SSSR count). The number of amides is 1. The van der Waals surface area contributed by atoms with Crippen molar-refractivity contribution in [2.75, 3.05) is 36.6 Å². The molecule has 25 heavy (non-hydrogen) atoms. The van der Waals surface area contributed by atoms with Gasteiger partial charge in [0.2, 0.25) is 11.0 Å². The van der Waals surface area contributed by atoms with Gasteiger partial charge in [-0.05, 0) is 12.1 Å². The lowest BCUT2D eigenvalue weighted by atomic mass is 10.2. The summed E-state index contributed by atoms with van der Waals surface area (Å²) in [6.07, 6.45) is 0. The molecule has 0 saturated heterocycles. The van der Waals surface area contributed by atoms with Gasteiger partial charge in [0.05, 0.1) is 23.3 Å². The van der Waals surface area contributed by atoms with Crippen LogP contribution in [0.3, 0.4) is 0 Å². The number of methoxy groups -OCH3 is 1. The molecule has 134 valence electrons. The van der Waals surface area contributed by atoms with Crippen LogP contribution in [0.1, 0.15) is 0 Å². The zero-order valence-electron chi connectivity index (χ0n) is 13.0. The number of hydrogen-bond donors (Lipinski definition) is 2. The number of halogens is 1. The summed E-state index contributed by atoms with van der Waals surface area (Å²) in [6, 6.07) is 2.95. The maximum absolute atomic E-state index is 13.1. The molecule has 0 aliphatic carbocycles. The Balaban J connectivity index is 1.88. The van der Waals surface area contributed by atoms with Crippen molar-refractivity contribution in [2.45, 2.75) is 4.34 Å². The largest absolute Gasteiger partial charge is 0.383 e. The highest BCUT2D eigenvalue weighted by Gasteiger charge is 2.17. The van der Waals surface area contributed by atoms with Crippen LogP contribution in [0.25, 0.3) is 0 Å². The highest BCUT2D eigenvalue weighted by molar-refractivity contribution is 8.01. The molecule has 2 aromatic rings. The maximum Gasteiger partial charge on any atom is 0.295 e. The third-order valence-corrected chi connectivity index (χ3v) is 4.76. The topological polar surface area (TPSA) is 119 Å². The second-order valence-corrected chi connectivity index (χ2v) is 6.75. The van der Waals surface area contributed by atoms with Gasteiger partial charge < -0.3 is 15.4 Å². The van der Waals surface area contributed by atoms with Crippen LogP contribution in [0.15, 0.2) is 22.5 Å². The Morgan fingerprint density at radius 3 is 3.00 bits per heavy atom. The van der Waals surface area contributed by atoms with E-state index in [0.29, 0.717) is 22.6 Å². The van der Waals surface area contributed by atoms with Crippen molar-refractivity contribution in [3.8, 4) is 0 Å². The number of thioether (sulfide) groups is 1. The summed E-state index contributed by atoms with van der Waals surface area (Å²) in [5.41, 5.74) is -0.560. The molecule has 0 unspecified atom stereocenters. The van der Waals surface area contributed by atoms with E-state index >= 15 is 0 Å². The Bertz CT molecular complexity index is 758. The van der Waals surface area contributed by atoms with E-state index < -0.39 is 22.3 Å². The molecular formula is C13H14FN5O4S2. The van der Waals surface area contributed by atoms with Crippen molar-refractivity contribution < 1.29 is 18.8 Å². The molecule has 0 aliphatic heterocycles. The highest BCUT2D eigenvalue weighted by atomic mass is 32.2. The third-order valence-electron chi connectivity index (χ3n) is 2.75. The van der Waals surface area contributed by atoms with Crippen molar-refractivity contribution >= 4 is 45.5 Å². The van der Waals surface area contributed by atoms with Gasteiger partial charge in [-0.15, -0.1) is 10.2 Å². The van der Waals surface area contributed by atoms with Crippen LogP contribution in [0.4, 0.5) is 20.9 Å². The molecule has 1 heterocycles. The van der Waals surface area contributed by atoms with Crippen molar-refractivity contribution in [2.24, 2.45) is 0 Å². The summed E-state index contributed by atoms with van der Waals surface area (Å²) >= 11 is 2.42. The summed E-state index contributed by atoms with van der Waals surface area (Å²) in [4.78, 5) is 22.1. The lowest BCUT2D eigenvalue weighted by Gasteiger charge is -2.05. The minimum Gasteiger partial charge on any atom is -0.383 e. The van der Waals surface area contributed by atoms with Gasteiger partial charge >= 0.3 is 0 Å². The number of aromatic nitrogens is 2. The SMILES string of the molecule is COCCNc1nnc(SCC(=O)Nc2ccc(F)cc2[N+](=O)[O-])s1. The van der Waals surface area contributed by atoms with E-state index in [1.807, 2.05) is 0 Å². The number of carbonyl (C=O) groups excluding carboxylic acids is 1. The monoisotopic (exact) mass is 387 g/mol. The second kappa shape index (κ2) is 9.25. The first kappa shape index (κ1) is 19.0. The van der Waals surface area contributed by atoms with E-state index in [4.69, 9.17) is 4.74 Å². The predicted octanol–water partition coefficient (Wildman–Crippen LogP) is 2.37. The Morgan fingerprint density at radius 1 is 1.48 bits per heavy atom. The molecule has 0 radical (unpaired) electrons. The summed E-state index contributed by atoms with van der Waals surface area (Å²) in [5.74, 6) is -1.23. The Hall–Kier alpha value is -2.31. The molecule has 0 spiro atoms. The summed E-state index contributed by atoms with van der Waals surface area (Å²) in [5, 5.41) is 24.7. The lowest BCUT2D eigenvalue weighted by molar-refractivity contribution is -0.384. The average molecular weight is 387 g/mol. The van der Waals surface area contributed by atoms with Gasteiger partial charge in [0.1, 0.15) is 11.5 Å². The molecule has 1 aromatic carbocycles. The number of anilines is 2. The number of benzene rings is 1. The van der Waals surface area contributed by atoms with Gasteiger partial charge in [0, 0.05) is 13.7 Å². The van der Waals surface area contributed by atoms with Crippen LogP contribution >= 0.6 is 23.1 Å². The quantitative estimate of drug-likeness (QED) is 0.291. The molecule has 12 heteroatoms. The Kier molecular flexibility index (Phi) is 7.03. The van der Waals surface area contributed by atoms with E-state index in [2.05, 4.69) is 20.8 Å². The van der Waals surface area contributed by atoms with Crippen LogP contribution in [0, 0.1) is 15.9 Å². The second-order valence-electron chi connectivity index (χ2n) is 4.55. The van der Waals surface area contributed by atoms with Crippen LogP contribution in [-0.4, -0.2) is 47.0 Å². The molecule has 0 atom stereocenters. The summed E-state index contributed by atoms with van der Waals surface area (Å²) < 4.78 is 18.6. The summed E-state index contributed by atoms with van der Waals surface area (Å²) in [6.45, 7) is 1.12. The number of hydrogen-bond acceptors (Lipinski definition) is 9. The van der Waals surface area contributed by atoms with Gasteiger partial charge in [-0.2, -0.15) is 0 Å². The van der Waals surface area contributed by atoms with Crippen molar-refractivity contribution in [1.29, 1.82) is 0 Å². The molecule has 9 nitrogen and oxygen atoms in total. The van der Waals surface area contributed by atoms with Gasteiger partial charge in [0.25, 0.3) is 5.69 Å². The van der Waals surface area contributed by atoms with Crippen molar-refractivity contribution in [3.05, 3.63) is 34.1 Å². The van der Waals surface area contributed by atoms with Crippen molar-refractivity contribution in [3.63, 3.8) is 0 Å². The molecule has 0 saturated carbocycles. The van der Waals surface area contributed by atoms with Gasteiger partial charge in [-0.1, -0.05) is 23.1 Å². The normalized spacial score (nSPS) is 10.5. The Morgan fingerprint density at radius 2 is 2.28 bits per heavy atom. The van der Waals surface area contributed by atoms with E-state index in [-0.39, 0.29) is 11.4 Å². The minimum atomic E-state index is -0.755. The Labute approximate surface area is 150 Å². The molecule has 1 amide bonds. The molecule has 2 N–H and O–H groups in total. The smallest absolute Gasteiger partial charge is 0.295 e. The van der Waals surface area contributed by atoms with E-state index in [9.17, 15) is 19.3 Å². The number of carbonyl (C=O) groups is 1. The van der Waals surface area contributed by atoms with Gasteiger partial charge in [-0.3, -0.25) is 14.9 Å². The maximum atomic E-state index is 13.1. The van der Waals surface area contributed by atoms with Crippen LogP contribution in [0.5, 0.6) is 0 Å². The van der Waals surface area contributed by atoms with Gasteiger partial charge in [0.15, 0.2) is 4.34 Å². The minimum absolute atomic E-state index is 0.0127. The number of nitrogens with one attached hydrogen (secondary N) is 2. The average Bonchev–Trinajstić information content (AvgIpc) is 3.02. The van der Waals surface area contributed by atoms with E-state index in [1.165, 1.54) is 11.3 Å². The van der Waals surface area contributed by atoms with E-state index in [0.717, 1.165) is 30.0 Å². The van der Waals surface area contributed by atoms with Crippen LogP contribution < -0.4 is 10.6 Å². The lowest BCUT2D eigenvalue weighted by Crippen LogP contribution is -2.15. The molecule has 0 bridgehead atoms. The first-order valence-corrected chi connectivity index (χ1v) is 8.72. The molecule has 1 aromatic heterocycles. The number of rotatable bonds is 9. The summed E-state index contributed by atoms with van der Waals surface area (Å²) in [7, 11) is 1.59. The fourth-order valence-corrected chi connectivity index (χ4v) is 3.25. The first-order chi connectivity index (χ1) is 12.0. The van der Waals surface area contributed by atoms with Gasteiger partial charge in [-0.25, -0.2) is 4.39 Å². The van der Waals surface area contributed by atoms with Crippen molar-refractivity contribution in [1.82, 2.24) is 10.2 Å². The molecular weight excluding hydrogens is 373 g/mol. The third kappa shape index (κ3) is 5.92. The first-order valence-electron chi connectivity index (χ1n) is 6.92. The van der Waals surface area contributed by atoms with Crippen LogP contribution in [-0.2, 0) is 9.53 Å². The van der Waals surface area contributed by atoms with Crippen LogP contribution in [0.2, 0.25) is 0 Å². The number of nitrogens with zero attached hydrogens (tertiary/aromatic N) is 3. The number of nitro groups is 1. The zero-order chi connectivity index (χ0) is 18.2. The van der Waals surface area contributed by atoms with E-state index in [1.54, 1.807) is 7.11 Å². The number of nitro benzene ring substituents is 1. The standard InChI is InChI=1S/C13H14FN5O4S2/c1-23-5-4-15-12-17-18-13(25-12)24-7-11(20)16-9-3-2-8(14)6-10(9)19(21)22/h2-3,6H,4-5,7H2,1H3,(H,15,17)(H,16,20). The number of ether oxygens (including phenoxy) is 1. The molecule has 0 aliphatic rings. The predicted molar refractivity (Wildman–Crippen MR) is 92.7 cm³/mol. The highest BCUT2D eigenvalue weighted by Crippen LogP contribution is 2.27. The fourth-order valence-electron chi connectivity index (χ4n) is 1.67. The zero-order valence-corrected chi connectivity index (χ0v) is 14.7. The fraction of sp³-hybridized carbons (Fsp3) is 0.308. The molecule has 0 fully saturated rings.